The average Bonchev–Trinajstić information content (AvgIpc) is 2.64. The second kappa shape index (κ2) is 7.01. The van der Waals surface area contributed by atoms with Crippen molar-refractivity contribution in [1.82, 2.24) is 9.55 Å². The molecule has 1 N–H and O–H groups in total. The van der Waals surface area contributed by atoms with Gasteiger partial charge in [-0.3, -0.25) is 24.3 Å². The number of hydrogen-bond acceptors (Lipinski definition) is 6. The Morgan fingerprint density at radius 3 is 2.81 bits per heavy atom. The Morgan fingerprint density at radius 1 is 1.31 bits per heavy atom. The molecule has 0 bridgehead atoms. The second-order valence-electron chi connectivity index (χ2n) is 5.36. The van der Waals surface area contributed by atoms with Gasteiger partial charge in [0.05, 0.1) is 35.0 Å². The molecular weight excluding hydrogens is 340 g/mol. The lowest BCUT2D eigenvalue weighted by Gasteiger charge is -2.12. The van der Waals surface area contributed by atoms with Crippen LogP contribution in [0, 0.1) is 10.1 Å². The van der Waals surface area contributed by atoms with Crippen LogP contribution < -0.4 is 15.6 Å². The predicted octanol–water partition coefficient (Wildman–Crippen LogP) is 1.95. The molecule has 1 aromatic heterocycles. The number of ether oxygens (including phenoxy) is 1. The van der Waals surface area contributed by atoms with Crippen LogP contribution in [0.1, 0.15) is 0 Å². The van der Waals surface area contributed by atoms with E-state index in [4.69, 9.17) is 4.74 Å². The van der Waals surface area contributed by atoms with E-state index in [0.29, 0.717) is 11.0 Å². The van der Waals surface area contributed by atoms with E-state index < -0.39 is 16.4 Å². The lowest BCUT2D eigenvalue weighted by molar-refractivity contribution is -0.384. The molecule has 3 rings (SSSR count). The van der Waals surface area contributed by atoms with Crippen LogP contribution in [-0.2, 0) is 11.3 Å². The van der Waals surface area contributed by atoms with Crippen LogP contribution >= 0.6 is 0 Å². The number of nitro benzene ring substituents is 1. The molecule has 1 heterocycles. The second-order valence-corrected chi connectivity index (χ2v) is 5.36. The lowest BCUT2D eigenvalue weighted by atomic mass is 10.2. The van der Waals surface area contributed by atoms with Crippen LogP contribution in [0.2, 0.25) is 0 Å². The molecular formula is C17H14N4O5. The molecule has 0 fully saturated rings. The van der Waals surface area contributed by atoms with E-state index in [1.807, 2.05) is 0 Å². The number of hydrogen-bond donors (Lipinski definition) is 1. The summed E-state index contributed by atoms with van der Waals surface area (Å²) in [6.07, 6.45) is 1.14. The fraction of sp³-hybridized carbons (Fsp3) is 0.118. The summed E-state index contributed by atoms with van der Waals surface area (Å²) in [6, 6.07) is 10.8. The highest BCUT2D eigenvalue weighted by atomic mass is 16.6. The van der Waals surface area contributed by atoms with E-state index in [1.165, 1.54) is 29.9 Å². The highest BCUT2D eigenvalue weighted by molar-refractivity contribution is 5.93. The molecule has 0 aliphatic heterocycles. The van der Waals surface area contributed by atoms with Crippen molar-refractivity contribution in [2.75, 3.05) is 12.4 Å². The highest BCUT2D eigenvalue weighted by Crippen LogP contribution is 2.28. The molecule has 3 aromatic rings. The highest BCUT2D eigenvalue weighted by Gasteiger charge is 2.15. The lowest BCUT2D eigenvalue weighted by Crippen LogP contribution is -2.28. The molecule has 0 spiro atoms. The number of nitrogens with one attached hydrogen (secondary N) is 1. The number of rotatable bonds is 5. The number of benzene rings is 2. The van der Waals surface area contributed by atoms with Gasteiger partial charge in [0, 0.05) is 12.1 Å². The van der Waals surface area contributed by atoms with Gasteiger partial charge in [-0.1, -0.05) is 12.1 Å². The number of fused-ring (bicyclic) bond motifs is 1. The molecule has 0 unspecified atom stereocenters. The Bertz CT molecular complexity index is 1060. The van der Waals surface area contributed by atoms with E-state index in [2.05, 4.69) is 10.3 Å². The Balaban J connectivity index is 1.91. The molecule has 2 aromatic carbocycles. The van der Waals surface area contributed by atoms with E-state index in [-0.39, 0.29) is 23.7 Å². The van der Waals surface area contributed by atoms with Crippen molar-refractivity contribution >= 4 is 28.3 Å². The number of aromatic nitrogens is 2. The summed E-state index contributed by atoms with van der Waals surface area (Å²) < 4.78 is 6.39. The van der Waals surface area contributed by atoms with E-state index in [0.717, 1.165) is 6.20 Å². The van der Waals surface area contributed by atoms with Gasteiger partial charge in [0.15, 0.2) is 0 Å². The molecule has 0 atom stereocenters. The first-order valence-electron chi connectivity index (χ1n) is 7.56. The van der Waals surface area contributed by atoms with E-state index in [9.17, 15) is 19.7 Å². The van der Waals surface area contributed by atoms with Gasteiger partial charge in [0.2, 0.25) is 5.91 Å². The van der Waals surface area contributed by atoms with Crippen LogP contribution in [0.5, 0.6) is 5.75 Å². The van der Waals surface area contributed by atoms with Crippen LogP contribution in [-0.4, -0.2) is 27.5 Å². The number of nitro groups is 1. The number of nitrogens with zero attached hydrogens (tertiary/aromatic N) is 3. The number of anilines is 1. The first-order chi connectivity index (χ1) is 12.5. The fourth-order valence-electron chi connectivity index (χ4n) is 2.52. The van der Waals surface area contributed by atoms with Gasteiger partial charge in [0.1, 0.15) is 12.3 Å². The molecule has 0 radical (unpaired) electrons. The normalized spacial score (nSPS) is 10.5. The third-order valence-electron chi connectivity index (χ3n) is 3.72. The standard InChI is InChI=1S/C17H14N4O5/c1-26-15-7-6-11(21(24)25)8-13(15)19-16(22)10-20-14-5-3-2-4-12(14)18-9-17(20)23/h2-9H,10H2,1H3,(H,19,22). The van der Waals surface area contributed by atoms with E-state index >= 15 is 0 Å². The quantitative estimate of drug-likeness (QED) is 0.553. The molecule has 0 saturated heterocycles. The van der Waals surface area contributed by atoms with Crippen LogP contribution in [0.3, 0.4) is 0 Å². The molecule has 9 nitrogen and oxygen atoms in total. The van der Waals surface area contributed by atoms with Crippen molar-refractivity contribution in [2.45, 2.75) is 6.54 Å². The maximum absolute atomic E-state index is 12.4. The van der Waals surface area contributed by atoms with Gasteiger partial charge >= 0.3 is 0 Å². The summed E-state index contributed by atoms with van der Waals surface area (Å²) in [4.78, 5) is 38.9. The maximum atomic E-state index is 12.4. The van der Waals surface area contributed by atoms with Crippen LogP contribution in [0.25, 0.3) is 11.0 Å². The van der Waals surface area contributed by atoms with Crippen molar-refractivity contribution < 1.29 is 14.5 Å². The van der Waals surface area contributed by atoms with Gasteiger partial charge in [-0.05, 0) is 18.2 Å². The van der Waals surface area contributed by atoms with Crippen LogP contribution in [0.15, 0.2) is 53.5 Å². The topological polar surface area (TPSA) is 116 Å². The minimum absolute atomic E-state index is 0.151. The molecule has 26 heavy (non-hydrogen) atoms. The summed E-state index contributed by atoms with van der Waals surface area (Å²) in [5.41, 5.74) is 0.629. The summed E-state index contributed by atoms with van der Waals surface area (Å²) >= 11 is 0. The number of carbonyl (C=O) groups excluding carboxylic acids is 1. The fourth-order valence-corrected chi connectivity index (χ4v) is 2.52. The Labute approximate surface area is 147 Å². The van der Waals surface area contributed by atoms with E-state index in [1.54, 1.807) is 24.3 Å². The molecule has 0 aliphatic carbocycles. The van der Waals surface area contributed by atoms with Gasteiger partial charge in [-0.2, -0.15) is 0 Å². The Kier molecular flexibility index (Phi) is 4.61. The minimum Gasteiger partial charge on any atom is -0.495 e. The zero-order valence-corrected chi connectivity index (χ0v) is 13.7. The largest absolute Gasteiger partial charge is 0.495 e. The van der Waals surface area contributed by atoms with Crippen molar-refractivity contribution in [1.29, 1.82) is 0 Å². The number of para-hydroxylation sites is 2. The van der Waals surface area contributed by atoms with Gasteiger partial charge in [-0.25, -0.2) is 4.98 Å². The number of methoxy groups -OCH3 is 1. The molecule has 9 heteroatoms. The third kappa shape index (κ3) is 3.36. The number of carbonyl (C=O) groups is 1. The van der Waals surface area contributed by atoms with Gasteiger partial charge < -0.3 is 10.1 Å². The smallest absolute Gasteiger partial charge is 0.271 e. The first kappa shape index (κ1) is 17.1. The average molecular weight is 354 g/mol. The Hall–Kier alpha value is -3.75. The maximum Gasteiger partial charge on any atom is 0.271 e. The summed E-state index contributed by atoms with van der Waals surface area (Å²) in [5, 5.41) is 13.5. The monoisotopic (exact) mass is 354 g/mol. The van der Waals surface area contributed by atoms with Crippen molar-refractivity contribution in [2.24, 2.45) is 0 Å². The summed E-state index contributed by atoms with van der Waals surface area (Å²) in [5.74, 6) is -0.252. The van der Waals surface area contributed by atoms with Gasteiger partial charge in [-0.15, -0.1) is 0 Å². The van der Waals surface area contributed by atoms with Crippen molar-refractivity contribution in [3.8, 4) is 5.75 Å². The molecule has 1 amide bonds. The van der Waals surface area contributed by atoms with Gasteiger partial charge in [0.25, 0.3) is 11.2 Å². The molecule has 132 valence electrons. The number of amides is 1. The SMILES string of the molecule is COc1ccc([N+](=O)[O-])cc1NC(=O)Cn1c(=O)cnc2ccccc21. The molecule has 0 saturated carbocycles. The zero-order chi connectivity index (χ0) is 18.7. The zero-order valence-electron chi connectivity index (χ0n) is 13.7. The van der Waals surface area contributed by atoms with Crippen LogP contribution in [0.4, 0.5) is 11.4 Å². The van der Waals surface area contributed by atoms with Crippen molar-refractivity contribution in [3.63, 3.8) is 0 Å². The predicted molar refractivity (Wildman–Crippen MR) is 94.3 cm³/mol. The Morgan fingerprint density at radius 2 is 2.08 bits per heavy atom. The third-order valence-corrected chi connectivity index (χ3v) is 3.72. The van der Waals surface area contributed by atoms with Crippen molar-refractivity contribution in [3.05, 3.63) is 69.1 Å². The number of non-ortho nitro benzene ring substituents is 1. The molecule has 0 aliphatic rings. The minimum atomic E-state index is -0.573. The first-order valence-corrected chi connectivity index (χ1v) is 7.56. The summed E-state index contributed by atoms with van der Waals surface area (Å²) in [6.45, 7) is -0.270. The summed E-state index contributed by atoms with van der Waals surface area (Å²) in [7, 11) is 1.39.